The minimum Gasteiger partial charge on any atom is -0.497 e. The van der Waals surface area contributed by atoms with Crippen molar-refractivity contribution >= 4 is 50.6 Å². The third-order valence-electron chi connectivity index (χ3n) is 12.4. The van der Waals surface area contributed by atoms with Crippen molar-refractivity contribution in [3.8, 4) is 22.8 Å². The van der Waals surface area contributed by atoms with Crippen molar-refractivity contribution in [2.75, 3.05) is 26.7 Å². The first-order chi connectivity index (χ1) is 30.8. The average Bonchev–Trinajstić information content (AvgIpc) is 3.67. The monoisotopic (exact) mass is 906 g/mol. The van der Waals surface area contributed by atoms with Crippen LogP contribution in [-0.4, -0.2) is 108 Å². The van der Waals surface area contributed by atoms with Crippen molar-refractivity contribution in [2.24, 2.45) is 5.41 Å². The van der Waals surface area contributed by atoms with E-state index in [1.54, 1.807) is 65.1 Å². The summed E-state index contributed by atoms with van der Waals surface area (Å²) in [7, 11) is -2.81. The molecule has 1 unspecified atom stereocenters. The minimum atomic E-state index is -4.36. The largest absolute Gasteiger partial charge is 0.497 e. The van der Waals surface area contributed by atoms with Crippen molar-refractivity contribution in [1.29, 1.82) is 0 Å². The van der Waals surface area contributed by atoms with E-state index in [2.05, 4.69) is 28.5 Å². The van der Waals surface area contributed by atoms with Crippen molar-refractivity contribution in [2.45, 2.75) is 87.1 Å². The van der Waals surface area contributed by atoms with Gasteiger partial charge in [0.15, 0.2) is 0 Å². The number of piperidine rings is 1. The Labute approximate surface area is 378 Å². The Balaban J connectivity index is 1.27. The van der Waals surface area contributed by atoms with E-state index in [9.17, 15) is 27.6 Å². The van der Waals surface area contributed by atoms with Crippen LogP contribution >= 0.6 is 0 Å². The molecule has 0 bridgehead atoms. The molecule has 1 aliphatic carbocycles. The summed E-state index contributed by atoms with van der Waals surface area (Å²) < 4.78 is 46.9. The van der Waals surface area contributed by atoms with Gasteiger partial charge in [0, 0.05) is 48.0 Å². The molecule has 4 aromatic rings. The molecule has 16 nitrogen and oxygen atoms in total. The second-order valence-electron chi connectivity index (χ2n) is 17.9. The molecule has 3 aliphatic rings. The molecule has 17 heteroatoms. The van der Waals surface area contributed by atoms with Gasteiger partial charge in [-0.2, -0.15) is 0 Å². The number of nitrogens with one attached hydrogen (secondary N) is 3. The van der Waals surface area contributed by atoms with Gasteiger partial charge in [-0.05, 0) is 70.4 Å². The van der Waals surface area contributed by atoms with Crippen LogP contribution in [0.5, 0.6) is 11.5 Å². The molecule has 0 radical (unpaired) electrons. The first kappa shape index (κ1) is 46.2. The fourth-order valence-corrected chi connectivity index (χ4v) is 9.65. The number of fused-ring (bicyclic) bond motifs is 1. The summed E-state index contributed by atoms with van der Waals surface area (Å²) in [6, 6.07) is 22.7. The molecule has 3 fully saturated rings. The molecule has 3 aromatic carbocycles. The molecule has 2 saturated heterocycles. The predicted octanol–water partition coefficient (Wildman–Crippen LogP) is 5.29. The van der Waals surface area contributed by atoms with E-state index in [1.165, 1.54) is 46.2 Å². The quantitative estimate of drug-likeness (QED) is 0.116. The number of amides is 5. The van der Waals surface area contributed by atoms with Gasteiger partial charge in [-0.1, -0.05) is 68.1 Å². The molecule has 3 heterocycles. The lowest BCUT2D eigenvalue weighted by Gasteiger charge is -2.43. The number of carbonyl (C=O) groups is 5. The first-order valence-corrected chi connectivity index (χ1v) is 22.8. The maximum absolute atomic E-state index is 15.3. The lowest BCUT2D eigenvalue weighted by molar-refractivity contribution is -0.147. The Morgan fingerprint density at radius 2 is 1.57 bits per heavy atom. The number of likely N-dealkylation sites (tertiary alicyclic amines) is 2. The Hall–Kier alpha value is -6.75. The maximum atomic E-state index is 15.3. The number of pyridine rings is 1. The summed E-state index contributed by atoms with van der Waals surface area (Å²) in [6.07, 6.45) is 0.826. The van der Waals surface area contributed by atoms with Crippen LogP contribution in [0.4, 0.5) is 4.79 Å². The third-order valence-corrected chi connectivity index (χ3v) is 13.7. The summed E-state index contributed by atoms with van der Waals surface area (Å²) in [5.41, 5.74) is -3.44. The summed E-state index contributed by atoms with van der Waals surface area (Å²) in [4.78, 5) is 78.2. The van der Waals surface area contributed by atoms with Crippen LogP contribution < -0.4 is 24.8 Å². The number of hydrogen-bond acceptors (Lipinski definition) is 11. The van der Waals surface area contributed by atoms with E-state index in [4.69, 9.17) is 19.2 Å². The minimum absolute atomic E-state index is 0.0119. The van der Waals surface area contributed by atoms with Crippen LogP contribution in [0.3, 0.4) is 0 Å². The molecule has 2 aliphatic heterocycles. The van der Waals surface area contributed by atoms with Gasteiger partial charge in [-0.25, -0.2) is 22.9 Å². The average molecular weight is 907 g/mol. The normalized spacial score (nSPS) is 22.5. The SMILES string of the molecule is C=CC(=O)N1CCC(NC(=O)OC(C)(C)C)(C(=O)N2C[C@H](Oc3cc(-c4ccccc4)nc4cc(OC)ccc34)C[C@H]2C(=O)N[C@]2(C(=O)NS(=O)(=O)c3ccccc3)CC2(C)C=C)CC1. The highest BCUT2D eigenvalue weighted by molar-refractivity contribution is 7.90. The topological polar surface area (TPSA) is 203 Å². The molecule has 5 amide bonds. The summed E-state index contributed by atoms with van der Waals surface area (Å²) >= 11 is 0. The molecule has 4 atom stereocenters. The Kier molecular flexibility index (Phi) is 12.6. The number of hydrogen-bond donors (Lipinski definition) is 3. The molecule has 0 spiro atoms. The summed E-state index contributed by atoms with van der Waals surface area (Å²) in [5.74, 6) is -1.74. The first-order valence-electron chi connectivity index (χ1n) is 21.3. The predicted molar refractivity (Wildman–Crippen MR) is 242 cm³/mol. The van der Waals surface area contributed by atoms with Crippen LogP contribution in [0.25, 0.3) is 22.2 Å². The highest BCUT2D eigenvalue weighted by atomic mass is 32.2. The van der Waals surface area contributed by atoms with Gasteiger partial charge in [0.25, 0.3) is 15.9 Å². The standard InChI is InChI=1S/C48H54N6O10S/c1-8-40(55)53-24-22-47(23-25-53,51-44(59)64-45(3,4)5)43(58)54-29-33(63-39-28-36(31-16-12-10-13-17-31)49-37-26-32(62-7)20-21-35(37)39)27-38(54)41(56)50-48(30-46(48,6)9-2)42(57)52-65(60,61)34-18-14-11-15-19-34/h8-21,26,28,33,38H,1-2,22-25,27,29-30H2,3-7H3,(H,50,56)(H,51,59)(H,52,57)/t33-,38+,46?,48+/m1/s1. The van der Waals surface area contributed by atoms with E-state index < -0.39 is 68.1 Å². The van der Waals surface area contributed by atoms with Gasteiger partial charge in [0.2, 0.25) is 17.7 Å². The van der Waals surface area contributed by atoms with Crippen LogP contribution in [0, 0.1) is 5.41 Å². The van der Waals surface area contributed by atoms with Crippen LogP contribution in [0.1, 0.15) is 53.4 Å². The van der Waals surface area contributed by atoms with Crippen LogP contribution in [0.2, 0.25) is 0 Å². The second-order valence-corrected chi connectivity index (χ2v) is 19.6. The van der Waals surface area contributed by atoms with Gasteiger partial charge in [-0.15, -0.1) is 6.58 Å². The van der Waals surface area contributed by atoms with Gasteiger partial charge in [0.1, 0.15) is 40.3 Å². The van der Waals surface area contributed by atoms with Gasteiger partial charge >= 0.3 is 6.09 Å². The molecular formula is C48H54N6O10S. The number of methoxy groups -OCH3 is 1. The van der Waals surface area contributed by atoms with E-state index in [-0.39, 0.29) is 56.1 Å². The Morgan fingerprint density at radius 3 is 2.17 bits per heavy atom. The summed E-state index contributed by atoms with van der Waals surface area (Å²) in [6.45, 7) is 14.2. The highest BCUT2D eigenvalue weighted by Crippen LogP contribution is 2.57. The number of aromatic nitrogens is 1. The van der Waals surface area contributed by atoms with Crippen molar-refractivity contribution in [3.63, 3.8) is 0 Å². The second kappa shape index (κ2) is 17.7. The molecule has 65 heavy (non-hydrogen) atoms. The van der Waals surface area contributed by atoms with Crippen LogP contribution in [-0.2, 0) is 33.9 Å². The van der Waals surface area contributed by atoms with Gasteiger partial charge < -0.3 is 34.6 Å². The Morgan fingerprint density at radius 1 is 0.908 bits per heavy atom. The fraction of sp³-hybridized carbons (Fsp3) is 0.375. The Bertz CT molecular complexity index is 2650. The van der Waals surface area contributed by atoms with Crippen molar-refractivity contribution in [1.82, 2.24) is 30.1 Å². The smallest absolute Gasteiger partial charge is 0.408 e. The zero-order valence-corrected chi connectivity index (χ0v) is 37.9. The third kappa shape index (κ3) is 9.41. The number of alkyl carbamates (subject to hydrolysis) is 1. The zero-order valence-electron chi connectivity index (χ0n) is 37.1. The molecular weight excluding hydrogens is 853 g/mol. The molecule has 3 N–H and O–H groups in total. The number of carbonyl (C=O) groups excluding carboxylic acids is 5. The van der Waals surface area contributed by atoms with Crippen molar-refractivity contribution in [3.05, 3.63) is 110 Å². The summed E-state index contributed by atoms with van der Waals surface area (Å²) in [5, 5.41) is 6.30. The number of ether oxygens (including phenoxy) is 3. The molecule has 342 valence electrons. The highest BCUT2D eigenvalue weighted by Gasteiger charge is 2.70. The van der Waals surface area contributed by atoms with E-state index in [1.807, 2.05) is 30.3 Å². The molecule has 1 aromatic heterocycles. The van der Waals surface area contributed by atoms with E-state index in [0.29, 0.717) is 28.1 Å². The fourth-order valence-electron chi connectivity index (χ4n) is 8.59. The molecule has 7 rings (SSSR count). The zero-order chi connectivity index (χ0) is 47.0. The lowest BCUT2D eigenvalue weighted by Crippen LogP contribution is -2.66. The number of nitrogens with zero attached hydrogens (tertiary/aromatic N) is 3. The lowest BCUT2D eigenvalue weighted by atomic mass is 9.85. The van der Waals surface area contributed by atoms with Gasteiger partial charge in [-0.3, -0.25) is 19.2 Å². The maximum Gasteiger partial charge on any atom is 0.408 e. The van der Waals surface area contributed by atoms with E-state index in [0.717, 1.165) is 5.56 Å². The number of benzene rings is 3. The van der Waals surface area contributed by atoms with E-state index >= 15 is 4.79 Å². The van der Waals surface area contributed by atoms with Crippen molar-refractivity contribution < 1.29 is 46.6 Å². The number of sulfonamides is 1. The van der Waals surface area contributed by atoms with Gasteiger partial charge in [0.05, 0.1) is 29.8 Å². The molecule has 1 saturated carbocycles. The number of rotatable bonds is 13. The van der Waals surface area contributed by atoms with Crippen LogP contribution in [0.15, 0.2) is 115 Å².